The molecule has 0 aromatic rings. The Kier molecular flexibility index (Phi) is 2.30. The summed E-state index contributed by atoms with van der Waals surface area (Å²) in [7, 11) is 0. The molecule has 2 N–H and O–H groups in total. The van der Waals surface area contributed by atoms with Crippen molar-refractivity contribution < 1.29 is 18.0 Å². The monoisotopic (exact) mass is 181 g/mol. The Balaban J connectivity index is 2.25. The summed E-state index contributed by atoms with van der Waals surface area (Å²) in [6.07, 6.45) is -3.88. The van der Waals surface area contributed by atoms with E-state index in [4.69, 9.17) is 5.73 Å². The molecule has 0 heterocycles. The number of primary amides is 1. The van der Waals surface area contributed by atoms with E-state index in [-0.39, 0.29) is 25.2 Å². The van der Waals surface area contributed by atoms with E-state index in [1.165, 1.54) is 0 Å². The third-order valence-corrected chi connectivity index (χ3v) is 2.19. The predicted octanol–water partition coefficient (Wildman–Crippen LogP) is 1.45. The summed E-state index contributed by atoms with van der Waals surface area (Å²) >= 11 is 0. The normalized spacial score (nSPS) is 29.6. The molecule has 1 amide bonds. The van der Waals surface area contributed by atoms with Gasteiger partial charge in [0.25, 0.3) is 0 Å². The number of hydrogen-bond donors (Lipinski definition) is 1. The van der Waals surface area contributed by atoms with E-state index >= 15 is 0 Å². The van der Waals surface area contributed by atoms with Crippen LogP contribution in [0.3, 0.4) is 0 Å². The Morgan fingerprint density at radius 2 is 1.92 bits per heavy atom. The van der Waals surface area contributed by atoms with Crippen LogP contribution in [0.5, 0.6) is 0 Å². The van der Waals surface area contributed by atoms with Crippen LogP contribution in [0.1, 0.15) is 19.3 Å². The van der Waals surface area contributed by atoms with Gasteiger partial charge >= 0.3 is 6.18 Å². The second-order valence-electron chi connectivity index (χ2n) is 3.25. The Hall–Kier alpha value is -0.740. The van der Waals surface area contributed by atoms with Gasteiger partial charge in [0.1, 0.15) is 0 Å². The van der Waals surface area contributed by atoms with Crippen LogP contribution in [0, 0.1) is 11.8 Å². The van der Waals surface area contributed by atoms with Gasteiger partial charge in [-0.05, 0) is 18.8 Å². The lowest BCUT2D eigenvalue weighted by molar-refractivity contribution is -0.205. The molecule has 0 spiro atoms. The van der Waals surface area contributed by atoms with E-state index in [9.17, 15) is 18.0 Å². The van der Waals surface area contributed by atoms with Gasteiger partial charge in [-0.15, -0.1) is 0 Å². The fraction of sp³-hybridized carbons (Fsp3) is 0.857. The lowest BCUT2D eigenvalue weighted by Crippen LogP contribution is -2.37. The molecule has 1 aliphatic carbocycles. The quantitative estimate of drug-likeness (QED) is 0.688. The van der Waals surface area contributed by atoms with Crippen molar-refractivity contribution in [3.63, 3.8) is 0 Å². The second-order valence-corrected chi connectivity index (χ2v) is 3.25. The molecule has 0 aliphatic heterocycles. The summed E-state index contributed by atoms with van der Waals surface area (Å²) in [5, 5.41) is 0. The molecule has 1 rings (SSSR count). The molecular formula is C7H10F3NO. The highest BCUT2D eigenvalue weighted by atomic mass is 19.4. The first kappa shape index (κ1) is 9.35. The maximum absolute atomic E-state index is 11.9. The fourth-order valence-corrected chi connectivity index (χ4v) is 1.45. The lowest BCUT2D eigenvalue weighted by Gasteiger charge is -2.35. The Labute approximate surface area is 67.9 Å². The molecule has 0 aromatic heterocycles. The van der Waals surface area contributed by atoms with Crippen molar-refractivity contribution in [2.24, 2.45) is 17.6 Å². The largest absolute Gasteiger partial charge is 0.391 e. The predicted molar refractivity (Wildman–Crippen MR) is 36.1 cm³/mol. The molecule has 0 atom stereocenters. The summed E-state index contributed by atoms with van der Waals surface area (Å²) in [5.41, 5.74) is 4.84. The summed E-state index contributed by atoms with van der Waals surface area (Å²) in [6, 6.07) is 0. The molecule has 70 valence electrons. The smallest absolute Gasteiger partial charge is 0.370 e. The first-order valence-electron chi connectivity index (χ1n) is 3.74. The second kappa shape index (κ2) is 2.95. The van der Waals surface area contributed by atoms with Crippen LogP contribution in [0.2, 0.25) is 0 Å². The minimum absolute atomic E-state index is 0.0619. The van der Waals surface area contributed by atoms with E-state index in [2.05, 4.69) is 0 Å². The number of nitrogens with two attached hydrogens (primary N) is 1. The van der Waals surface area contributed by atoms with Crippen LogP contribution in [0.25, 0.3) is 0 Å². The van der Waals surface area contributed by atoms with Crippen LogP contribution in [0.4, 0.5) is 13.2 Å². The standard InChI is InChI=1S/C7H10F3NO/c8-7(9,10)5-1-4(2-5)3-6(11)12/h4-5H,1-3H2,(H2,11,12). The van der Waals surface area contributed by atoms with Crippen LogP contribution in [-0.2, 0) is 4.79 Å². The van der Waals surface area contributed by atoms with Crippen LogP contribution in [-0.4, -0.2) is 12.1 Å². The molecule has 1 aliphatic rings. The summed E-state index contributed by atoms with van der Waals surface area (Å²) in [5.74, 6) is -1.86. The van der Waals surface area contributed by atoms with Gasteiger partial charge in [-0.25, -0.2) is 0 Å². The van der Waals surface area contributed by atoms with Crippen molar-refractivity contribution in [1.29, 1.82) is 0 Å². The van der Waals surface area contributed by atoms with Crippen LogP contribution < -0.4 is 5.73 Å². The lowest BCUT2D eigenvalue weighted by atomic mass is 9.73. The molecular weight excluding hydrogens is 171 g/mol. The zero-order valence-electron chi connectivity index (χ0n) is 6.40. The zero-order chi connectivity index (χ0) is 9.35. The molecule has 0 bridgehead atoms. The van der Waals surface area contributed by atoms with Crippen molar-refractivity contribution in [3.05, 3.63) is 0 Å². The molecule has 2 nitrogen and oxygen atoms in total. The topological polar surface area (TPSA) is 43.1 Å². The van der Waals surface area contributed by atoms with Crippen molar-refractivity contribution in [2.45, 2.75) is 25.4 Å². The van der Waals surface area contributed by atoms with Crippen LogP contribution in [0.15, 0.2) is 0 Å². The number of carbonyl (C=O) groups is 1. The minimum Gasteiger partial charge on any atom is -0.370 e. The van der Waals surface area contributed by atoms with Gasteiger partial charge in [0.15, 0.2) is 0 Å². The highest BCUT2D eigenvalue weighted by molar-refractivity contribution is 5.74. The van der Waals surface area contributed by atoms with Gasteiger partial charge < -0.3 is 5.73 Å². The maximum atomic E-state index is 11.9. The molecule has 1 fully saturated rings. The van der Waals surface area contributed by atoms with Crippen LogP contribution >= 0.6 is 0 Å². The SMILES string of the molecule is NC(=O)CC1CC(C(F)(F)F)C1. The Morgan fingerprint density at radius 3 is 2.25 bits per heavy atom. The van der Waals surface area contributed by atoms with E-state index in [1.807, 2.05) is 0 Å². The van der Waals surface area contributed by atoms with E-state index in [0.29, 0.717) is 0 Å². The average Bonchev–Trinajstić information content (AvgIpc) is 1.73. The highest BCUT2D eigenvalue weighted by Crippen LogP contribution is 2.45. The summed E-state index contributed by atoms with van der Waals surface area (Å²) in [6.45, 7) is 0. The first-order valence-corrected chi connectivity index (χ1v) is 3.74. The summed E-state index contributed by atoms with van der Waals surface area (Å²) in [4.78, 5) is 10.3. The average molecular weight is 181 g/mol. The summed E-state index contributed by atoms with van der Waals surface area (Å²) < 4.78 is 35.7. The number of halogens is 3. The zero-order valence-corrected chi connectivity index (χ0v) is 6.40. The first-order chi connectivity index (χ1) is 5.39. The molecule has 0 saturated heterocycles. The van der Waals surface area contributed by atoms with Crippen molar-refractivity contribution in [3.8, 4) is 0 Å². The molecule has 0 aromatic carbocycles. The highest BCUT2D eigenvalue weighted by Gasteiger charge is 2.47. The van der Waals surface area contributed by atoms with E-state index in [0.717, 1.165) is 0 Å². The van der Waals surface area contributed by atoms with Gasteiger partial charge in [0.2, 0.25) is 5.91 Å². The third-order valence-electron chi connectivity index (χ3n) is 2.19. The molecule has 5 heteroatoms. The molecule has 0 radical (unpaired) electrons. The van der Waals surface area contributed by atoms with E-state index in [1.54, 1.807) is 0 Å². The number of alkyl halides is 3. The number of hydrogen-bond acceptors (Lipinski definition) is 1. The number of rotatable bonds is 2. The Morgan fingerprint density at radius 1 is 1.42 bits per heavy atom. The van der Waals surface area contributed by atoms with Gasteiger partial charge in [-0.1, -0.05) is 0 Å². The number of amides is 1. The van der Waals surface area contributed by atoms with Crippen molar-refractivity contribution in [1.82, 2.24) is 0 Å². The minimum atomic E-state index is -4.09. The number of carbonyl (C=O) groups excluding carboxylic acids is 1. The third kappa shape index (κ3) is 2.12. The van der Waals surface area contributed by atoms with Gasteiger partial charge in [-0.2, -0.15) is 13.2 Å². The maximum Gasteiger partial charge on any atom is 0.391 e. The van der Waals surface area contributed by atoms with Crippen molar-refractivity contribution >= 4 is 5.91 Å². The molecule has 12 heavy (non-hydrogen) atoms. The van der Waals surface area contributed by atoms with Gasteiger partial charge in [-0.3, -0.25) is 4.79 Å². The molecule has 1 saturated carbocycles. The van der Waals surface area contributed by atoms with E-state index < -0.39 is 18.0 Å². The van der Waals surface area contributed by atoms with Gasteiger partial charge in [0.05, 0.1) is 5.92 Å². The van der Waals surface area contributed by atoms with Crippen molar-refractivity contribution in [2.75, 3.05) is 0 Å². The fourth-order valence-electron chi connectivity index (χ4n) is 1.45. The molecule has 0 unspecified atom stereocenters. The Bertz CT molecular complexity index is 184. The van der Waals surface area contributed by atoms with Gasteiger partial charge in [0, 0.05) is 6.42 Å².